The van der Waals surface area contributed by atoms with Gasteiger partial charge in [0.2, 0.25) is 0 Å². The molecular weight excluding hydrogens is 690 g/mol. The molecule has 9 atom stereocenters. The molecule has 0 saturated carbocycles. The lowest BCUT2D eigenvalue weighted by Crippen LogP contribution is -2.60. The number of carbonyl (C=O) groups excluding carboxylic acids is 1. The Kier molecular flexibility index (Phi) is 31.4. The number of aliphatic hydroxyl groups excluding tert-OH is 7. The molecule has 1 heterocycles. The summed E-state index contributed by atoms with van der Waals surface area (Å²) in [5, 5.41) is 73.6. The highest BCUT2D eigenvalue weighted by Crippen LogP contribution is 2.24. The van der Waals surface area contributed by atoms with E-state index in [9.17, 15) is 40.5 Å². The highest BCUT2D eigenvalue weighted by Gasteiger charge is 2.45. The largest absolute Gasteiger partial charge is 0.394 e. The van der Waals surface area contributed by atoms with E-state index >= 15 is 0 Å². The number of ether oxygens (including phenoxy) is 2. The van der Waals surface area contributed by atoms with Crippen molar-refractivity contribution in [3.8, 4) is 0 Å². The number of nitrogens with zero attached hydrogens (tertiary/aromatic N) is 1. The third kappa shape index (κ3) is 22.2. The van der Waals surface area contributed by atoms with Crippen LogP contribution in [0.5, 0.6) is 0 Å². The lowest BCUT2D eigenvalue weighted by molar-refractivity contribution is -0.304. The first kappa shape index (κ1) is 51.1. The van der Waals surface area contributed by atoms with Gasteiger partial charge in [0.05, 0.1) is 25.4 Å². The molecule has 1 rings (SSSR count). The highest BCUT2D eigenvalue weighted by molar-refractivity contribution is 5.80. The molecular formula is C43H85NO10. The Morgan fingerprint density at radius 1 is 0.593 bits per heavy atom. The van der Waals surface area contributed by atoms with Crippen LogP contribution in [-0.2, 0) is 14.3 Å². The molecule has 1 aliphatic rings. The SMILES string of the molecule is CCCCCCCCCCCCCCCC[C@H](O)C(=O)N(C)[C@@H](CO[C@H]1O[C@H](CO)[C@H](O)[C@H](O)[C@H]1O)[C@H](O)[C@H](O)CCCCCCCCCCCCCC. The molecule has 7 N–H and O–H groups in total. The van der Waals surface area contributed by atoms with E-state index in [0.717, 1.165) is 38.5 Å². The van der Waals surface area contributed by atoms with Gasteiger partial charge in [0.1, 0.15) is 36.6 Å². The summed E-state index contributed by atoms with van der Waals surface area (Å²) >= 11 is 0. The topological polar surface area (TPSA) is 180 Å². The van der Waals surface area contributed by atoms with Gasteiger partial charge in [0, 0.05) is 7.05 Å². The van der Waals surface area contributed by atoms with Crippen molar-refractivity contribution in [3.63, 3.8) is 0 Å². The molecule has 11 heteroatoms. The van der Waals surface area contributed by atoms with Crippen LogP contribution in [0.25, 0.3) is 0 Å². The minimum Gasteiger partial charge on any atom is -0.394 e. The van der Waals surface area contributed by atoms with Gasteiger partial charge in [-0.05, 0) is 12.8 Å². The van der Waals surface area contributed by atoms with Gasteiger partial charge in [-0.2, -0.15) is 0 Å². The second-order valence-corrected chi connectivity index (χ2v) is 16.2. The summed E-state index contributed by atoms with van der Waals surface area (Å²) in [6.07, 6.45) is 20.1. The number of unbranched alkanes of at least 4 members (excludes halogenated alkanes) is 24. The van der Waals surface area contributed by atoms with Crippen LogP contribution < -0.4 is 0 Å². The summed E-state index contributed by atoms with van der Waals surface area (Å²) in [5.41, 5.74) is 0. The molecule has 0 radical (unpaired) electrons. The third-order valence-electron chi connectivity index (χ3n) is 11.4. The number of hydrogen-bond donors (Lipinski definition) is 7. The van der Waals surface area contributed by atoms with E-state index in [-0.39, 0.29) is 6.42 Å². The molecule has 0 aliphatic carbocycles. The van der Waals surface area contributed by atoms with E-state index in [1.165, 1.54) is 128 Å². The quantitative estimate of drug-likeness (QED) is 0.0340. The summed E-state index contributed by atoms with van der Waals surface area (Å²) in [6, 6.07) is -1.11. The molecule has 0 aromatic rings. The first-order valence-electron chi connectivity index (χ1n) is 22.3. The van der Waals surface area contributed by atoms with Crippen molar-refractivity contribution in [2.24, 2.45) is 0 Å². The van der Waals surface area contributed by atoms with Crippen LogP contribution >= 0.6 is 0 Å². The fourth-order valence-electron chi connectivity index (χ4n) is 7.51. The molecule has 0 aromatic carbocycles. The maximum Gasteiger partial charge on any atom is 0.251 e. The normalized spacial score (nSPS) is 22.6. The van der Waals surface area contributed by atoms with E-state index < -0.39 is 74.2 Å². The predicted octanol–water partition coefficient (Wildman–Crippen LogP) is 6.68. The van der Waals surface area contributed by atoms with Crippen molar-refractivity contribution in [3.05, 3.63) is 0 Å². The van der Waals surface area contributed by atoms with Crippen LogP contribution in [0.4, 0.5) is 0 Å². The van der Waals surface area contributed by atoms with E-state index in [4.69, 9.17) is 9.47 Å². The molecule has 1 amide bonds. The van der Waals surface area contributed by atoms with Crippen LogP contribution in [-0.4, -0.2) is 122 Å². The number of aliphatic hydroxyl groups is 7. The molecule has 1 saturated heterocycles. The van der Waals surface area contributed by atoms with Gasteiger partial charge in [0.25, 0.3) is 5.91 Å². The third-order valence-corrected chi connectivity index (χ3v) is 11.4. The van der Waals surface area contributed by atoms with E-state index in [0.29, 0.717) is 19.3 Å². The lowest BCUT2D eigenvalue weighted by Gasteiger charge is -2.41. The highest BCUT2D eigenvalue weighted by atomic mass is 16.7. The van der Waals surface area contributed by atoms with Crippen molar-refractivity contribution in [2.45, 2.75) is 249 Å². The molecule has 322 valence electrons. The Hall–Kier alpha value is -0.890. The molecule has 54 heavy (non-hydrogen) atoms. The van der Waals surface area contributed by atoms with Crippen molar-refractivity contribution in [1.29, 1.82) is 0 Å². The monoisotopic (exact) mass is 776 g/mol. The van der Waals surface area contributed by atoms with Crippen LogP contribution in [0.3, 0.4) is 0 Å². The van der Waals surface area contributed by atoms with E-state index in [1.54, 1.807) is 0 Å². The van der Waals surface area contributed by atoms with Crippen molar-refractivity contribution < 1.29 is 50.0 Å². The molecule has 0 unspecified atom stereocenters. The van der Waals surface area contributed by atoms with Crippen molar-refractivity contribution >= 4 is 5.91 Å². The summed E-state index contributed by atoms with van der Waals surface area (Å²) < 4.78 is 11.2. The number of rotatable bonds is 36. The van der Waals surface area contributed by atoms with Gasteiger partial charge >= 0.3 is 0 Å². The minimum atomic E-state index is -1.65. The maximum atomic E-state index is 13.4. The van der Waals surface area contributed by atoms with Gasteiger partial charge in [-0.3, -0.25) is 4.79 Å². The van der Waals surface area contributed by atoms with E-state index in [2.05, 4.69) is 13.8 Å². The summed E-state index contributed by atoms with van der Waals surface area (Å²) in [5.74, 6) is -0.608. The summed E-state index contributed by atoms with van der Waals surface area (Å²) in [4.78, 5) is 14.6. The van der Waals surface area contributed by atoms with Crippen LogP contribution in [0.15, 0.2) is 0 Å². The van der Waals surface area contributed by atoms with Crippen molar-refractivity contribution in [1.82, 2.24) is 4.90 Å². The zero-order valence-electron chi connectivity index (χ0n) is 34.7. The number of hydrogen-bond acceptors (Lipinski definition) is 10. The maximum absolute atomic E-state index is 13.4. The summed E-state index contributed by atoms with van der Waals surface area (Å²) in [6.45, 7) is 3.45. The summed E-state index contributed by atoms with van der Waals surface area (Å²) in [7, 11) is 1.44. The van der Waals surface area contributed by atoms with Gasteiger partial charge in [-0.25, -0.2) is 0 Å². The van der Waals surface area contributed by atoms with Gasteiger partial charge in [-0.1, -0.05) is 181 Å². The Labute approximate surface area is 329 Å². The second-order valence-electron chi connectivity index (χ2n) is 16.2. The Balaban J connectivity index is 2.57. The zero-order chi connectivity index (χ0) is 40.0. The molecule has 0 aromatic heterocycles. The molecule has 0 spiro atoms. The second kappa shape index (κ2) is 33.1. The zero-order valence-corrected chi connectivity index (χ0v) is 34.7. The van der Waals surface area contributed by atoms with Gasteiger partial charge < -0.3 is 50.1 Å². The first-order chi connectivity index (χ1) is 26.1. The minimum absolute atomic E-state index is 0.277. The molecule has 1 aliphatic heterocycles. The standard InChI is InChI=1S/C43H85NO10/c1-4-6-8-10-12-14-16-18-19-21-23-25-27-29-31-36(47)42(52)44(3)34(33-53-43-41(51)40(50)39(49)37(32-45)54-43)38(48)35(46)30-28-26-24-22-20-17-15-13-11-9-7-5-2/h34-41,43,45-51H,4-33H2,1-3H3/t34-,35+,36-,37+,38-,39-,40-,41+,43-/m0/s1. The molecule has 1 fully saturated rings. The van der Waals surface area contributed by atoms with Crippen LogP contribution in [0, 0.1) is 0 Å². The Morgan fingerprint density at radius 2 is 0.981 bits per heavy atom. The number of amides is 1. The average Bonchev–Trinajstić information content (AvgIpc) is 3.17. The van der Waals surface area contributed by atoms with E-state index in [1.807, 2.05) is 0 Å². The molecule has 11 nitrogen and oxygen atoms in total. The fourth-order valence-corrected chi connectivity index (χ4v) is 7.51. The van der Waals surface area contributed by atoms with Crippen LogP contribution in [0.2, 0.25) is 0 Å². The number of carbonyl (C=O) groups is 1. The van der Waals surface area contributed by atoms with Crippen LogP contribution in [0.1, 0.15) is 194 Å². The van der Waals surface area contributed by atoms with Gasteiger partial charge in [-0.15, -0.1) is 0 Å². The number of likely N-dealkylation sites (N-methyl/N-ethyl adjacent to an activating group) is 1. The predicted molar refractivity (Wildman–Crippen MR) is 215 cm³/mol. The fraction of sp³-hybridized carbons (Fsp3) is 0.977. The van der Waals surface area contributed by atoms with Crippen molar-refractivity contribution in [2.75, 3.05) is 20.3 Å². The van der Waals surface area contributed by atoms with Gasteiger partial charge in [0.15, 0.2) is 6.29 Å². The Morgan fingerprint density at radius 3 is 1.39 bits per heavy atom. The smallest absolute Gasteiger partial charge is 0.251 e. The average molecular weight is 776 g/mol. The lowest BCUT2D eigenvalue weighted by atomic mass is 9.97. The Bertz CT molecular complexity index is 866. The first-order valence-corrected chi connectivity index (χ1v) is 22.3. The molecule has 0 bridgehead atoms.